The minimum absolute atomic E-state index is 0.00701. The maximum atomic E-state index is 12.8. The number of carboxylic acids is 1. The van der Waals surface area contributed by atoms with Crippen LogP contribution >= 0.6 is 0 Å². The Morgan fingerprint density at radius 1 is 1.17 bits per heavy atom. The topological polar surface area (TPSA) is 62.2 Å². The molecular weight excluding hydrogens is 309 g/mol. The van der Waals surface area contributed by atoms with Crippen molar-refractivity contribution in [2.75, 3.05) is 5.32 Å². The average Bonchev–Trinajstić information content (AvgIpc) is 2.50. The molecule has 0 aliphatic heterocycles. The molecule has 0 atom stereocenters. The largest absolute Gasteiger partial charge is 0.478 e. The predicted octanol–water partition coefficient (Wildman–Crippen LogP) is 4.88. The standard InChI is InChI=1S/C14H11F3N2O2.C2H6/c1-8-10(14(15,16)17)5-2-6-11(8)19-12-9(13(20)21)4-3-7-18-12;1-2/h2-7H,1H3,(H,18,19)(H,20,21);1-2H3. The summed E-state index contributed by atoms with van der Waals surface area (Å²) in [7, 11) is 0. The number of hydrogen-bond donors (Lipinski definition) is 2. The fourth-order valence-electron chi connectivity index (χ4n) is 1.88. The van der Waals surface area contributed by atoms with E-state index in [-0.39, 0.29) is 22.6 Å². The fraction of sp³-hybridized carbons (Fsp3) is 0.250. The highest BCUT2D eigenvalue weighted by molar-refractivity contribution is 5.94. The van der Waals surface area contributed by atoms with Crippen molar-refractivity contribution < 1.29 is 23.1 Å². The number of anilines is 2. The van der Waals surface area contributed by atoms with Crippen molar-refractivity contribution in [2.45, 2.75) is 26.9 Å². The molecule has 0 aliphatic rings. The number of alkyl halides is 3. The van der Waals surface area contributed by atoms with Crippen molar-refractivity contribution in [3.63, 3.8) is 0 Å². The Hall–Kier alpha value is -2.57. The second-order valence-corrected chi connectivity index (χ2v) is 4.31. The van der Waals surface area contributed by atoms with Gasteiger partial charge in [0.15, 0.2) is 0 Å². The van der Waals surface area contributed by atoms with Crippen LogP contribution in [-0.4, -0.2) is 16.1 Å². The van der Waals surface area contributed by atoms with Crippen molar-refractivity contribution >= 4 is 17.5 Å². The Kier molecular flexibility index (Phi) is 6.12. The van der Waals surface area contributed by atoms with Crippen LogP contribution in [-0.2, 0) is 6.18 Å². The van der Waals surface area contributed by atoms with Crippen LogP contribution in [0.1, 0.15) is 35.3 Å². The summed E-state index contributed by atoms with van der Waals surface area (Å²) in [5.41, 5.74) is -0.757. The van der Waals surface area contributed by atoms with Gasteiger partial charge in [0, 0.05) is 11.9 Å². The van der Waals surface area contributed by atoms with E-state index in [1.54, 1.807) is 0 Å². The molecule has 0 saturated carbocycles. The van der Waals surface area contributed by atoms with Crippen LogP contribution in [0.5, 0.6) is 0 Å². The lowest BCUT2D eigenvalue weighted by Gasteiger charge is -2.15. The van der Waals surface area contributed by atoms with Gasteiger partial charge < -0.3 is 10.4 Å². The van der Waals surface area contributed by atoms with E-state index in [2.05, 4.69) is 10.3 Å². The zero-order valence-corrected chi connectivity index (χ0v) is 12.9. The number of carbonyl (C=O) groups is 1. The molecule has 124 valence electrons. The predicted molar refractivity (Wildman–Crippen MR) is 82.0 cm³/mol. The average molecular weight is 326 g/mol. The van der Waals surface area contributed by atoms with Crippen molar-refractivity contribution in [2.24, 2.45) is 0 Å². The van der Waals surface area contributed by atoms with Crippen LogP contribution in [0.25, 0.3) is 0 Å². The van der Waals surface area contributed by atoms with E-state index in [4.69, 9.17) is 5.11 Å². The molecule has 0 saturated heterocycles. The summed E-state index contributed by atoms with van der Waals surface area (Å²) >= 11 is 0. The number of benzene rings is 1. The highest BCUT2D eigenvalue weighted by Gasteiger charge is 2.33. The first-order valence-electron chi connectivity index (χ1n) is 6.93. The Balaban J connectivity index is 0.00000127. The molecule has 1 heterocycles. The Bertz CT molecular complexity index is 685. The second kappa shape index (κ2) is 7.62. The van der Waals surface area contributed by atoms with E-state index >= 15 is 0 Å². The Labute approximate surface area is 132 Å². The van der Waals surface area contributed by atoms with Gasteiger partial charge in [-0.05, 0) is 36.8 Å². The third kappa shape index (κ3) is 4.45. The zero-order chi connectivity index (χ0) is 17.6. The monoisotopic (exact) mass is 326 g/mol. The smallest absolute Gasteiger partial charge is 0.416 e. The summed E-state index contributed by atoms with van der Waals surface area (Å²) in [5.74, 6) is -1.22. The van der Waals surface area contributed by atoms with E-state index in [1.165, 1.54) is 37.4 Å². The van der Waals surface area contributed by atoms with Gasteiger partial charge >= 0.3 is 12.1 Å². The number of aromatic nitrogens is 1. The van der Waals surface area contributed by atoms with Gasteiger partial charge in [-0.1, -0.05) is 19.9 Å². The summed E-state index contributed by atoms with van der Waals surface area (Å²) in [6, 6.07) is 6.41. The Morgan fingerprint density at radius 3 is 2.39 bits per heavy atom. The lowest BCUT2D eigenvalue weighted by molar-refractivity contribution is -0.138. The minimum atomic E-state index is -4.47. The maximum Gasteiger partial charge on any atom is 0.416 e. The van der Waals surface area contributed by atoms with Gasteiger partial charge in [0.1, 0.15) is 11.4 Å². The summed E-state index contributed by atoms with van der Waals surface area (Å²) < 4.78 is 38.5. The van der Waals surface area contributed by atoms with Crippen LogP contribution in [0.15, 0.2) is 36.5 Å². The van der Waals surface area contributed by atoms with E-state index in [1.807, 2.05) is 13.8 Å². The molecule has 0 radical (unpaired) electrons. The third-order valence-corrected chi connectivity index (χ3v) is 2.93. The number of nitrogens with zero attached hydrogens (tertiary/aromatic N) is 1. The molecule has 2 N–H and O–H groups in total. The van der Waals surface area contributed by atoms with Gasteiger partial charge in [-0.25, -0.2) is 9.78 Å². The van der Waals surface area contributed by atoms with E-state index in [0.29, 0.717) is 0 Å². The maximum absolute atomic E-state index is 12.8. The molecule has 2 rings (SSSR count). The van der Waals surface area contributed by atoms with E-state index < -0.39 is 17.7 Å². The van der Waals surface area contributed by atoms with Gasteiger partial charge in [-0.3, -0.25) is 0 Å². The van der Waals surface area contributed by atoms with Crippen LogP contribution in [0.2, 0.25) is 0 Å². The molecule has 2 aromatic rings. The Morgan fingerprint density at radius 2 is 1.83 bits per heavy atom. The first-order valence-corrected chi connectivity index (χ1v) is 6.93. The third-order valence-electron chi connectivity index (χ3n) is 2.93. The van der Waals surface area contributed by atoms with Gasteiger partial charge in [0.05, 0.1) is 5.56 Å². The van der Waals surface area contributed by atoms with Crippen molar-refractivity contribution in [3.05, 3.63) is 53.2 Å². The number of hydrogen-bond acceptors (Lipinski definition) is 3. The molecule has 0 spiro atoms. The molecule has 0 aliphatic carbocycles. The number of nitrogens with one attached hydrogen (secondary N) is 1. The fourth-order valence-corrected chi connectivity index (χ4v) is 1.88. The lowest BCUT2D eigenvalue weighted by atomic mass is 10.1. The molecule has 0 bridgehead atoms. The van der Waals surface area contributed by atoms with Gasteiger partial charge in [-0.2, -0.15) is 13.2 Å². The van der Waals surface area contributed by atoms with Crippen LogP contribution in [0.3, 0.4) is 0 Å². The zero-order valence-electron chi connectivity index (χ0n) is 12.9. The summed E-state index contributed by atoms with van der Waals surface area (Å²) in [5, 5.41) is 11.7. The molecule has 0 unspecified atom stereocenters. The van der Waals surface area contributed by atoms with Crippen molar-refractivity contribution in [1.29, 1.82) is 0 Å². The lowest BCUT2D eigenvalue weighted by Crippen LogP contribution is -2.10. The number of pyridine rings is 1. The summed E-state index contributed by atoms with van der Waals surface area (Å²) in [4.78, 5) is 14.9. The SMILES string of the molecule is CC.Cc1c(Nc2ncccc2C(=O)O)cccc1C(F)(F)F. The number of halogens is 3. The highest BCUT2D eigenvalue weighted by atomic mass is 19.4. The first-order chi connectivity index (χ1) is 10.8. The van der Waals surface area contributed by atoms with Crippen molar-refractivity contribution in [3.8, 4) is 0 Å². The number of carboxylic acid groups (broad SMARTS) is 1. The van der Waals surface area contributed by atoms with Gasteiger partial charge in [0.25, 0.3) is 0 Å². The van der Waals surface area contributed by atoms with Gasteiger partial charge in [0.2, 0.25) is 0 Å². The molecule has 7 heteroatoms. The minimum Gasteiger partial charge on any atom is -0.478 e. The first kappa shape index (κ1) is 18.5. The van der Waals surface area contributed by atoms with E-state index in [9.17, 15) is 18.0 Å². The van der Waals surface area contributed by atoms with Crippen LogP contribution < -0.4 is 5.32 Å². The normalized spacial score (nSPS) is 10.5. The molecular formula is C16H17F3N2O2. The molecule has 0 amide bonds. The molecule has 23 heavy (non-hydrogen) atoms. The number of aromatic carboxylic acids is 1. The van der Waals surface area contributed by atoms with Crippen LogP contribution in [0, 0.1) is 6.92 Å². The summed E-state index contributed by atoms with van der Waals surface area (Å²) in [6.45, 7) is 5.31. The molecule has 1 aromatic carbocycles. The quantitative estimate of drug-likeness (QED) is 0.844. The highest BCUT2D eigenvalue weighted by Crippen LogP contribution is 2.35. The molecule has 0 fully saturated rings. The van der Waals surface area contributed by atoms with Crippen molar-refractivity contribution in [1.82, 2.24) is 4.98 Å². The van der Waals surface area contributed by atoms with Crippen LogP contribution in [0.4, 0.5) is 24.7 Å². The van der Waals surface area contributed by atoms with E-state index in [0.717, 1.165) is 6.07 Å². The van der Waals surface area contributed by atoms with Gasteiger partial charge in [-0.15, -0.1) is 0 Å². The summed E-state index contributed by atoms with van der Waals surface area (Å²) in [6.07, 6.45) is -3.11. The molecule has 4 nitrogen and oxygen atoms in total. The molecule has 1 aromatic heterocycles. The second-order valence-electron chi connectivity index (χ2n) is 4.31. The number of rotatable bonds is 3.